The average molecular weight is 443 g/mol. The summed E-state index contributed by atoms with van der Waals surface area (Å²) in [6.07, 6.45) is -1.45. The fourth-order valence-corrected chi connectivity index (χ4v) is 4.83. The van der Waals surface area contributed by atoms with Gasteiger partial charge in [-0.25, -0.2) is 4.98 Å². The minimum atomic E-state index is -4.44. The van der Waals surface area contributed by atoms with Crippen LogP contribution in [0.2, 0.25) is 0 Å². The van der Waals surface area contributed by atoms with Crippen molar-refractivity contribution in [3.8, 4) is 0 Å². The molecule has 2 aromatic heterocycles. The van der Waals surface area contributed by atoms with Crippen LogP contribution >= 0.6 is 0 Å². The number of anilines is 2. The van der Waals surface area contributed by atoms with E-state index in [0.717, 1.165) is 35.2 Å². The Morgan fingerprint density at radius 2 is 2.00 bits per heavy atom. The summed E-state index contributed by atoms with van der Waals surface area (Å²) in [6, 6.07) is 6.26. The van der Waals surface area contributed by atoms with E-state index in [1.54, 1.807) is 19.2 Å². The largest absolute Gasteiger partial charge is 0.417 e. The number of alkyl halides is 3. The Bertz CT molecular complexity index is 1180. The lowest BCUT2D eigenvalue weighted by molar-refractivity contribution is -0.138. The third-order valence-corrected chi connectivity index (χ3v) is 6.44. The van der Waals surface area contributed by atoms with E-state index in [9.17, 15) is 13.2 Å². The van der Waals surface area contributed by atoms with Crippen molar-refractivity contribution in [2.24, 2.45) is 0 Å². The normalized spacial score (nSPS) is 21.4. The number of nitrogens with one attached hydrogen (secondary N) is 1. The van der Waals surface area contributed by atoms with Gasteiger partial charge in [-0.3, -0.25) is 0 Å². The Morgan fingerprint density at radius 3 is 2.69 bits per heavy atom. The van der Waals surface area contributed by atoms with Crippen molar-refractivity contribution in [1.29, 1.82) is 0 Å². The zero-order valence-corrected chi connectivity index (χ0v) is 18.1. The Labute approximate surface area is 183 Å². The second-order valence-electron chi connectivity index (χ2n) is 8.62. The van der Waals surface area contributed by atoms with Crippen LogP contribution in [-0.4, -0.2) is 40.5 Å². The molecular formula is C23H24F3N5O. The number of benzene rings is 1. The number of nitrogens with zero attached hydrogens (tertiary/aromatic N) is 4. The van der Waals surface area contributed by atoms with E-state index in [1.807, 2.05) is 13.0 Å². The maximum atomic E-state index is 13.7. The molecule has 2 bridgehead atoms. The van der Waals surface area contributed by atoms with Gasteiger partial charge in [0.2, 0.25) is 0 Å². The molecular weight excluding hydrogens is 419 g/mol. The number of rotatable bonds is 4. The van der Waals surface area contributed by atoms with Crippen molar-refractivity contribution < 1.29 is 17.9 Å². The number of aryl methyl sites for hydroxylation is 2. The van der Waals surface area contributed by atoms with Gasteiger partial charge in [0.15, 0.2) is 5.82 Å². The number of morpholine rings is 1. The molecule has 3 atom stereocenters. The predicted octanol–water partition coefficient (Wildman–Crippen LogP) is 4.81. The molecule has 6 nitrogen and oxygen atoms in total. The first kappa shape index (κ1) is 20.9. The lowest BCUT2D eigenvalue weighted by Gasteiger charge is -2.28. The molecule has 2 aliphatic heterocycles. The third kappa shape index (κ3) is 3.54. The van der Waals surface area contributed by atoms with Crippen LogP contribution in [0.3, 0.4) is 0 Å². The Balaban J connectivity index is 1.53. The zero-order valence-electron chi connectivity index (χ0n) is 18.1. The smallest absolute Gasteiger partial charge is 0.374 e. The van der Waals surface area contributed by atoms with Gasteiger partial charge in [0, 0.05) is 23.5 Å². The predicted molar refractivity (Wildman–Crippen MR) is 116 cm³/mol. The van der Waals surface area contributed by atoms with E-state index in [2.05, 4.69) is 25.4 Å². The molecule has 0 spiro atoms. The van der Waals surface area contributed by atoms with Gasteiger partial charge >= 0.3 is 6.18 Å². The van der Waals surface area contributed by atoms with Crippen molar-refractivity contribution >= 4 is 22.4 Å². The maximum absolute atomic E-state index is 13.7. The number of pyridine rings is 1. The van der Waals surface area contributed by atoms with Crippen molar-refractivity contribution in [1.82, 2.24) is 15.2 Å². The molecule has 2 aliphatic rings. The highest BCUT2D eigenvalue weighted by Gasteiger charge is 2.40. The van der Waals surface area contributed by atoms with Gasteiger partial charge in [-0.05, 0) is 44.4 Å². The molecule has 4 heterocycles. The monoisotopic (exact) mass is 443 g/mol. The number of hydrogen-bond acceptors (Lipinski definition) is 6. The van der Waals surface area contributed by atoms with Crippen molar-refractivity contribution in [2.75, 3.05) is 23.4 Å². The third-order valence-electron chi connectivity index (χ3n) is 6.44. The Morgan fingerprint density at radius 1 is 1.19 bits per heavy atom. The summed E-state index contributed by atoms with van der Waals surface area (Å²) in [6.45, 7) is 6.51. The SMILES string of the molecule is Cc1cccc([C@@H](C)Nc2nnc(C)c3cnc(N4C[C@H]5C[C@@H]4CO5)cc23)c1C(F)(F)F. The summed E-state index contributed by atoms with van der Waals surface area (Å²) in [7, 11) is 0. The van der Waals surface area contributed by atoms with Crippen LogP contribution in [0.25, 0.3) is 10.8 Å². The highest BCUT2D eigenvalue weighted by Crippen LogP contribution is 2.39. The molecule has 32 heavy (non-hydrogen) atoms. The highest BCUT2D eigenvalue weighted by atomic mass is 19.4. The van der Waals surface area contributed by atoms with Crippen molar-refractivity contribution in [3.63, 3.8) is 0 Å². The molecule has 0 radical (unpaired) electrons. The molecule has 0 amide bonds. The summed E-state index contributed by atoms with van der Waals surface area (Å²) in [5.74, 6) is 1.26. The first-order valence-electron chi connectivity index (χ1n) is 10.7. The van der Waals surface area contributed by atoms with E-state index in [0.29, 0.717) is 18.5 Å². The maximum Gasteiger partial charge on any atom is 0.417 e. The van der Waals surface area contributed by atoms with Gasteiger partial charge in [-0.2, -0.15) is 18.3 Å². The van der Waals surface area contributed by atoms with Gasteiger partial charge in [0.05, 0.1) is 36.1 Å². The fourth-order valence-electron chi connectivity index (χ4n) is 4.83. The number of hydrogen-bond donors (Lipinski definition) is 1. The van der Waals surface area contributed by atoms with Crippen LogP contribution in [0.15, 0.2) is 30.5 Å². The van der Waals surface area contributed by atoms with E-state index < -0.39 is 17.8 Å². The minimum absolute atomic E-state index is 0.177. The molecule has 1 N–H and O–H groups in total. The highest BCUT2D eigenvalue weighted by molar-refractivity contribution is 5.94. The second-order valence-corrected chi connectivity index (χ2v) is 8.62. The number of halogens is 3. The van der Waals surface area contributed by atoms with E-state index in [-0.39, 0.29) is 17.2 Å². The molecule has 3 aromatic rings. The summed E-state index contributed by atoms with van der Waals surface area (Å²) < 4.78 is 46.9. The van der Waals surface area contributed by atoms with E-state index in [4.69, 9.17) is 4.74 Å². The summed E-state index contributed by atoms with van der Waals surface area (Å²) in [4.78, 5) is 6.87. The van der Waals surface area contributed by atoms with Crippen LogP contribution in [0.5, 0.6) is 0 Å². The Kier molecular flexibility index (Phi) is 4.96. The van der Waals surface area contributed by atoms with Gasteiger partial charge in [0.1, 0.15) is 5.82 Å². The molecule has 0 aliphatic carbocycles. The van der Waals surface area contributed by atoms with Gasteiger partial charge < -0.3 is 15.0 Å². The Hall–Kier alpha value is -2.94. The quantitative estimate of drug-likeness (QED) is 0.624. The van der Waals surface area contributed by atoms with Crippen molar-refractivity contribution in [2.45, 2.75) is 51.6 Å². The topological polar surface area (TPSA) is 63.2 Å². The van der Waals surface area contributed by atoms with Crippen LogP contribution in [0.1, 0.15) is 41.8 Å². The van der Waals surface area contributed by atoms with E-state index in [1.165, 1.54) is 19.1 Å². The number of ether oxygens (including phenoxy) is 1. The average Bonchev–Trinajstić information content (AvgIpc) is 3.38. The van der Waals surface area contributed by atoms with Crippen LogP contribution in [0, 0.1) is 13.8 Å². The minimum Gasteiger partial charge on any atom is -0.374 e. The van der Waals surface area contributed by atoms with Gasteiger partial charge in [0.25, 0.3) is 0 Å². The molecule has 168 valence electrons. The number of aromatic nitrogens is 3. The molecule has 0 unspecified atom stereocenters. The summed E-state index contributed by atoms with van der Waals surface area (Å²) in [5.41, 5.74) is 0.479. The lowest BCUT2D eigenvalue weighted by atomic mass is 9.96. The molecule has 1 aromatic carbocycles. The van der Waals surface area contributed by atoms with Gasteiger partial charge in [-0.1, -0.05) is 18.2 Å². The molecule has 2 saturated heterocycles. The number of fused-ring (bicyclic) bond motifs is 3. The molecule has 9 heteroatoms. The summed E-state index contributed by atoms with van der Waals surface area (Å²) >= 11 is 0. The van der Waals surface area contributed by atoms with Crippen LogP contribution in [-0.2, 0) is 10.9 Å². The van der Waals surface area contributed by atoms with Crippen LogP contribution in [0.4, 0.5) is 24.8 Å². The van der Waals surface area contributed by atoms with Crippen molar-refractivity contribution in [3.05, 3.63) is 52.8 Å². The van der Waals surface area contributed by atoms with Gasteiger partial charge in [-0.15, -0.1) is 5.10 Å². The van der Waals surface area contributed by atoms with Crippen LogP contribution < -0.4 is 10.2 Å². The first-order chi connectivity index (χ1) is 15.2. The molecule has 2 fully saturated rings. The summed E-state index contributed by atoms with van der Waals surface area (Å²) in [5, 5.41) is 13.3. The molecule has 5 rings (SSSR count). The zero-order chi connectivity index (χ0) is 22.6. The standard InChI is InChI=1S/C23H24F3N5O/c1-12-5-4-6-17(21(12)23(24,25)26)13(2)28-22-18-8-20(27-9-19(18)14(3)29-30-22)31-10-16-7-15(31)11-32-16/h4-6,8-9,13,15-16H,7,10-11H2,1-3H3,(H,28,30)/t13-,15-,16-/m1/s1. The first-order valence-corrected chi connectivity index (χ1v) is 10.7. The molecule has 0 saturated carbocycles. The fraction of sp³-hybridized carbons (Fsp3) is 0.435. The lowest BCUT2D eigenvalue weighted by Crippen LogP contribution is -2.37. The van der Waals surface area contributed by atoms with E-state index >= 15 is 0 Å². The second kappa shape index (κ2) is 7.58.